The topological polar surface area (TPSA) is 56.8 Å². The molecule has 0 atom stereocenters. The molecular formula is C24H22N4. The normalized spacial score (nSPS) is 12.7. The molecule has 2 N–H and O–H groups in total. The number of hydrogen-bond donors (Lipinski definition) is 2. The standard InChI is InChI=1S/C24H22N4/c1-13-17-11-24(25-12-17)16(4)23-10-9-22(28-23)15(3)21-8-7-20(27-21)14(2)19-6-5-18(13)26-19/h5-12,26,28H,1-4H3. The maximum Gasteiger partial charge on any atom is 0.0687 e. The van der Waals surface area contributed by atoms with Crippen LogP contribution in [0.25, 0.3) is 34.2 Å². The van der Waals surface area contributed by atoms with Gasteiger partial charge in [-0.3, -0.25) is 4.99 Å². The Labute approximate surface area is 163 Å². The van der Waals surface area contributed by atoms with E-state index >= 15 is 0 Å². The third kappa shape index (κ3) is 2.53. The van der Waals surface area contributed by atoms with Crippen molar-refractivity contribution in [3.05, 3.63) is 69.5 Å². The molecule has 3 aromatic rings. The molecule has 5 heterocycles. The summed E-state index contributed by atoms with van der Waals surface area (Å²) < 4.78 is 0. The summed E-state index contributed by atoms with van der Waals surface area (Å²) in [5.74, 6) is 0. The molecule has 0 aromatic carbocycles. The molecule has 138 valence electrons. The predicted octanol–water partition coefficient (Wildman–Crippen LogP) is 6.07. The van der Waals surface area contributed by atoms with E-state index in [-0.39, 0.29) is 0 Å². The van der Waals surface area contributed by atoms with Crippen LogP contribution in [-0.2, 0) is 0 Å². The van der Waals surface area contributed by atoms with Crippen molar-refractivity contribution in [2.24, 2.45) is 4.99 Å². The Balaban J connectivity index is 1.97. The van der Waals surface area contributed by atoms with Crippen molar-refractivity contribution in [1.82, 2.24) is 15.0 Å². The van der Waals surface area contributed by atoms with Gasteiger partial charge in [-0.05, 0) is 98.0 Å². The fourth-order valence-electron chi connectivity index (χ4n) is 3.79. The summed E-state index contributed by atoms with van der Waals surface area (Å²) in [5.41, 5.74) is 13.1. The molecule has 4 nitrogen and oxygen atoms in total. The number of aryl methyl sites for hydroxylation is 4. The number of nitrogens with one attached hydrogen (secondary N) is 2. The smallest absolute Gasteiger partial charge is 0.0687 e. The third-order valence-electron chi connectivity index (χ3n) is 5.85. The maximum absolute atomic E-state index is 4.88. The largest absolute Gasteiger partial charge is 0.355 e. The van der Waals surface area contributed by atoms with Crippen LogP contribution in [-0.4, -0.2) is 21.2 Å². The van der Waals surface area contributed by atoms with Crippen molar-refractivity contribution in [2.45, 2.75) is 27.7 Å². The number of fused-ring (bicyclic) bond motifs is 8. The fraction of sp³-hybridized carbons (Fsp3) is 0.167. The minimum Gasteiger partial charge on any atom is -0.355 e. The molecule has 0 aliphatic carbocycles. The molecule has 28 heavy (non-hydrogen) atoms. The first-order chi connectivity index (χ1) is 13.5. The van der Waals surface area contributed by atoms with Crippen molar-refractivity contribution in [3.8, 4) is 0 Å². The first kappa shape index (κ1) is 16.8. The Morgan fingerprint density at radius 1 is 0.643 bits per heavy atom. The molecular weight excluding hydrogens is 344 g/mol. The molecule has 2 aliphatic rings. The number of H-pyrrole nitrogens is 2. The van der Waals surface area contributed by atoms with E-state index in [0.717, 1.165) is 61.4 Å². The van der Waals surface area contributed by atoms with E-state index in [1.807, 2.05) is 6.21 Å². The highest BCUT2D eigenvalue weighted by atomic mass is 14.8. The second kappa shape index (κ2) is 6.06. The van der Waals surface area contributed by atoms with Crippen LogP contribution in [0.1, 0.15) is 39.2 Å². The van der Waals surface area contributed by atoms with Crippen LogP contribution in [0.15, 0.2) is 35.3 Å². The lowest BCUT2D eigenvalue weighted by Crippen LogP contribution is -1.85. The number of aliphatic imine (C=N–C) groups is 1. The van der Waals surface area contributed by atoms with Gasteiger partial charge in [0.2, 0.25) is 0 Å². The number of aromatic amines is 2. The van der Waals surface area contributed by atoms with Crippen LogP contribution in [0, 0.1) is 27.7 Å². The van der Waals surface area contributed by atoms with E-state index in [1.165, 1.54) is 5.56 Å². The van der Waals surface area contributed by atoms with Crippen LogP contribution in [0.5, 0.6) is 0 Å². The van der Waals surface area contributed by atoms with Gasteiger partial charge in [0.1, 0.15) is 0 Å². The summed E-state index contributed by atoms with van der Waals surface area (Å²) in [4.78, 5) is 16.6. The van der Waals surface area contributed by atoms with Crippen LogP contribution in [0.2, 0.25) is 0 Å². The molecule has 0 amide bonds. The zero-order chi connectivity index (χ0) is 19.4. The average molecular weight is 366 g/mol. The van der Waals surface area contributed by atoms with Gasteiger partial charge in [-0.15, -0.1) is 0 Å². The summed E-state index contributed by atoms with van der Waals surface area (Å²) in [5, 5.41) is 0. The lowest BCUT2D eigenvalue weighted by molar-refractivity contribution is 1.24. The van der Waals surface area contributed by atoms with E-state index in [2.05, 4.69) is 85.1 Å². The van der Waals surface area contributed by atoms with Gasteiger partial charge in [0, 0.05) is 28.3 Å². The van der Waals surface area contributed by atoms with Crippen LogP contribution in [0.3, 0.4) is 0 Å². The van der Waals surface area contributed by atoms with E-state index in [1.54, 1.807) is 0 Å². The minimum absolute atomic E-state index is 0.996. The van der Waals surface area contributed by atoms with Gasteiger partial charge >= 0.3 is 0 Å². The van der Waals surface area contributed by atoms with Crippen molar-refractivity contribution < 1.29 is 0 Å². The molecule has 5 rings (SSSR count). The molecule has 3 aromatic heterocycles. The van der Waals surface area contributed by atoms with Gasteiger partial charge in [0.05, 0.1) is 17.1 Å². The summed E-state index contributed by atoms with van der Waals surface area (Å²) in [7, 11) is 0. The van der Waals surface area contributed by atoms with Crippen molar-refractivity contribution in [1.29, 1.82) is 0 Å². The number of aromatic nitrogens is 3. The van der Waals surface area contributed by atoms with E-state index in [9.17, 15) is 0 Å². The molecule has 0 saturated carbocycles. The Morgan fingerprint density at radius 2 is 1.14 bits per heavy atom. The first-order valence-corrected chi connectivity index (χ1v) is 9.53. The number of nitrogens with zero attached hydrogens (tertiary/aromatic N) is 2. The maximum atomic E-state index is 4.88. The zero-order valence-electron chi connectivity index (χ0n) is 16.5. The average Bonchev–Trinajstić information content (AvgIpc) is 3.49. The molecule has 8 bridgehead atoms. The molecule has 2 aliphatic heterocycles. The van der Waals surface area contributed by atoms with Gasteiger partial charge in [0.15, 0.2) is 0 Å². The van der Waals surface area contributed by atoms with Gasteiger partial charge in [-0.2, -0.15) is 0 Å². The quantitative estimate of drug-likeness (QED) is 0.343. The second-order valence-electron chi connectivity index (χ2n) is 7.53. The van der Waals surface area contributed by atoms with Crippen LogP contribution < -0.4 is 0 Å². The van der Waals surface area contributed by atoms with Crippen LogP contribution in [0.4, 0.5) is 5.69 Å². The minimum atomic E-state index is 0.996. The Hall–Kier alpha value is -3.40. The van der Waals surface area contributed by atoms with Crippen molar-refractivity contribution in [2.75, 3.05) is 0 Å². The second-order valence-corrected chi connectivity index (χ2v) is 7.53. The molecule has 0 fully saturated rings. The molecule has 0 radical (unpaired) electrons. The summed E-state index contributed by atoms with van der Waals surface area (Å²) in [6.07, 6.45) is 6.14. The van der Waals surface area contributed by atoms with Crippen molar-refractivity contribution >= 4 is 46.1 Å². The first-order valence-electron chi connectivity index (χ1n) is 9.53. The predicted molar refractivity (Wildman–Crippen MR) is 118 cm³/mol. The Morgan fingerprint density at radius 3 is 1.71 bits per heavy atom. The summed E-state index contributed by atoms with van der Waals surface area (Å²) in [6.45, 7) is 8.47. The Kier molecular flexibility index (Phi) is 3.63. The highest BCUT2D eigenvalue weighted by molar-refractivity contribution is 5.92. The fourth-order valence-corrected chi connectivity index (χ4v) is 3.79. The van der Waals surface area contributed by atoms with Crippen LogP contribution >= 0.6 is 0 Å². The number of rotatable bonds is 0. The Bertz CT molecular complexity index is 1150. The highest BCUT2D eigenvalue weighted by Crippen LogP contribution is 2.28. The third-order valence-corrected chi connectivity index (χ3v) is 5.85. The van der Waals surface area contributed by atoms with E-state index in [4.69, 9.17) is 4.98 Å². The van der Waals surface area contributed by atoms with Gasteiger partial charge in [0.25, 0.3) is 0 Å². The summed E-state index contributed by atoms with van der Waals surface area (Å²) >= 11 is 0. The molecule has 0 saturated heterocycles. The van der Waals surface area contributed by atoms with E-state index in [0.29, 0.717) is 0 Å². The van der Waals surface area contributed by atoms with Gasteiger partial charge in [-0.25, -0.2) is 4.98 Å². The van der Waals surface area contributed by atoms with E-state index < -0.39 is 0 Å². The lowest BCUT2D eigenvalue weighted by atomic mass is 10.1. The molecule has 0 unspecified atom stereocenters. The van der Waals surface area contributed by atoms with Crippen molar-refractivity contribution in [3.63, 3.8) is 0 Å². The monoisotopic (exact) mass is 366 g/mol. The molecule has 4 heteroatoms. The highest BCUT2D eigenvalue weighted by Gasteiger charge is 2.10. The summed E-state index contributed by atoms with van der Waals surface area (Å²) in [6, 6.07) is 10.7. The molecule has 0 spiro atoms. The zero-order valence-corrected chi connectivity index (χ0v) is 16.5. The lowest BCUT2D eigenvalue weighted by Gasteiger charge is -1.97. The van der Waals surface area contributed by atoms with Gasteiger partial charge in [-0.1, -0.05) is 0 Å². The number of hydrogen-bond acceptors (Lipinski definition) is 2. The van der Waals surface area contributed by atoms with Gasteiger partial charge < -0.3 is 9.97 Å². The SMILES string of the molecule is Cc1c2cc(c(C)c3ccc([nH]3)c(C)c3nc(c(C)c4ccc1[nH]4)C=C3)N=C2.